The minimum atomic E-state index is -0.923. The van der Waals surface area contributed by atoms with E-state index in [1.165, 1.54) is 11.2 Å². The van der Waals surface area contributed by atoms with Crippen LogP contribution in [0.15, 0.2) is 76.9 Å². The molecule has 1 aliphatic rings. The number of furan rings is 1. The van der Waals surface area contributed by atoms with Gasteiger partial charge in [0.15, 0.2) is 0 Å². The topological polar surface area (TPSA) is 89.2 Å². The molecule has 1 unspecified atom stereocenters. The average Bonchev–Trinajstić information content (AvgIpc) is 3.45. The van der Waals surface area contributed by atoms with E-state index in [0.717, 1.165) is 0 Å². The molecule has 3 aromatic rings. The molecule has 1 fully saturated rings. The predicted octanol–water partition coefficient (Wildman–Crippen LogP) is 5.34. The standard InChI is InChI=1S/C27H27NO6/c1-4-32-20-12-10-19(11-13-20)28-24(22-9-6-14-33-22)23(26(30)27(28)31)25(29)18-7-5-8-21(15-18)34-16-17(2)3/h5-15,17,24,29H,4,16H2,1-3H3/b25-23-. The second kappa shape index (κ2) is 9.87. The van der Waals surface area contributed by atoms with Gasteiger partial charge in [-0.15, -0.1) is 0 Å². The van der Waals surface area contributed by atoms with Gasteiger partial charge in [0, 0.05) is 11.3 Å². The summed E-state index contributed by atoms with van der Waals surface area (Å²) in [5.74, 6) is 0.0740. The summed E-state index contributed by atoms with van der Waals surface area (Å²) in [4.78, 5) is 27.7. The van der Waals surface area contributed by atoms with Crippen molar-refractivity contribution in [3.05, 3.63) is 83.8 Å². The van der Waals surface area contributed by atoms with Crippen LogP contribution in [-0.4, -0.2) is 30.0 Å². The molecule has 1 saturated heterocycles. The maximum Gasteiger partial charge on any atom is 0.300 e. The van der Waals surface area contributed by atoms with E-state index >= 15 is 0 Å². The molecular weight excluding hydrogens is 434 g/mol. The summed E-state index contributed by atoms with van der Waals surface area (Å²) in [5.41, 5.74) is 0.817. The highest BCUT2D eigenvalue weighted by Gasteiger charge is 2.48. The summed E-state index contributed by atoms with van der Waals surface area (Å²) in [6.07, 6.45) is 1.47. The molecule has 4 rings (SSSR count). The fraction of sp³-hybridized carbons (Fsp3) is 0.259. The van der Waals surface area contributed by atoms with Crippen molar-refractivity contribution in [2.75, 3.05) is 18.1 Å². The Morgan fingerprint density at radius 3 is 2.44 bits per heavy atom. The molecule has 176 valence electrons. The number of Topliss-reactive ketones (excluding diaryl/α,β-unsaturated/α-hetero) is 1. The molecule has 1 aromatic heterocycles. The molecule has 34 heavy (non-hydrogen) atoms. The lowest BCUT2D eigenvalue weighted by molar-refractivity contribution is -0.132. The molecule has 0 spiro atoms. The van der Waals surface area contributed by atoms with Crippen LogP contribution in [0.2, 0.25) is 0 Å². The number of ketones is 1. The Morgan fingerprint density at radius 2 is 1.79 bits per heavy atom. The highest BCUT2D eigenvalue weighted by atomic mass is 16.5. The van der Waals surface area contributed by atoms with Gasteiger partial charge in [-0.1, -0.05) is 26.0 Å². The summed E-state index contributed by atoms with van der Waals surface area (Å²) in [5, 5.41) is 11.2. The van der Waals surface area contributed by atoms with Crippen molar-refractivity contribution in [2.24, 2.45) is 5.92 Å². The summed E-state index contributed by atoms with van der Waals surface area (Å²) in [6, 6.07) is 16.1. The van der Waals surface area contributed by atoms with Crippen LogP contribution < -0.4 is 14.4 Å². The highest BCUT2D eigenvalue weighted by Crippen LogP contribution is 2.42. The van der Waals surface area contributed by atoms with E-state index in [-0.39, 0.29) is 11.3 Å². The SMILES string of the molecule is CCOc1ccc(N2C(=O)C(=O)/C(=C(\O)c3cccc(OCC(C)C)c3)C2c2ccco2)cc1. The van der Waals surface area contributed by atoms with E-state index in [1.807, 2.05) is 20.8 Å². The van der Waals surface area contributed by atoms with Crippen molar-refractivity contribution in [3.8, 4) is 11.5 Å². The lowest BCUT2D eigenvalue weighted by Crippen LogP contribution is -2.29. The quantitative estimate of drug-likeness (QED) is 0.277. The monoisotopic (exact) mass is 461 g/mol. The maximum atomic E-state index is 13.2. The van der Waals surface area contributed by atoms with Crippen LogP contribution in [0.5, 0.6) is 11.5 Å². The number of aliphatic hydroxyl groups is 1. The van der Waals surface area contributed by atoms with Gasteiger partial charge in [-0.05, 0) is 61.4 Å². The second-order valence-corrected chi connectivity index (χ2v) is 8.34. The van der Waals surface area contributed by atoms with Crippen LogP contribution in [0.25, 0.3) is 5.76 Å². The molecule has 1 aliphatic heterocycles. The van der Waals surface area contributed by atoms with E-state index in [0.29, 0.717) is 47.6 Å². The third-order valence-electron chi connectivity index (χ3n) is 5.37. The minimum absolute atomic E-state index is 0.0464. The maximum absolute atomic E-state index is 13.2. The summed E-state index contributed by atoms with van der Waals surface area (Å²) < 4.78 is 16.8. The number of amides is 1. The Bertz CT molecular complexity index is 1190. The second-order valence-electron chi connectivity index (χ2n) is 8.34. The molecule has 1 amide bonds. The van der Waals surface area contributed by atoms with Gasteiger partial charge in [-0.25, -0.2) is 0 Å². The smallest absolute Gasteiger partial charge is 0.300 e. The van der Waals surface area contributed by atoms with Crippen LogP contribution in [0.4, 0.5) is 5.69 Å². The molecule has 7 nitrogen and oxygen atoms in total. The predicted molar refractivity (Wildman–Crippen MR) is 128 cm³/mol. The minimum Gasteiger partial charge on any atom is -0.507 e. The molecule has 2 heterocycles. The van der Waals surface area contributed by atoms with E-state index in [1.54, 1.807) is 60.7 Å². The van der Waals surface area contributed by atoms with E-state index < -0.39 is 17.7 Å². The zero-order chi connectivity index (χ0) is 24.2. The number of nitrogens with zero attached hydrogens (tertiary/aromatic N) is 1. The molecule has 7 heteroatoms. The zero-order valence-electron chi connectivity index (χ0n) is 19.4. The van der Waals surface area contributed by atoms with Crippen molar-refractivity contribution in [2.45, 2.75) is 26.8 Å². The van der Waals surface area contributed by atoms with E-state index in [4.69, 9.17) is 13.9 Å². The number of hydrogen-bond acceptors (Lipinski definition) is 6. The Morgan fingerprint density at radius 1 is 1.03 bits per heavy atom. The van der Waals surface area contributed by atoms with Gasteiger partial charge in [0.1, 0.15) is 29.1 Å². The summed E-state index contributed by atoms with van der Waals surface area (Å²) in [7, 11) is 0. The van der Waals surface area contributed by atoms with Crippen LogP contribution >= 0.6 is 0 Å². The van der Waals surface area contributed by atoms with Crippen LogP contribution in [0.3, 0.4) is 0 Å². The van der Waals surface area contributed by atoms with Gasteiger partial charge < -0.3 is 19.0 Å². The first-order chi connectivity index (χ1) is 16.4. The van der Waals surface area contributed by atoms with E-state index in [2.05, 4.69) is 0 Å². The Hall–Kier alpha value is -4.00. The summed E-state index contributed by atoms with van der Waals surface area (Å²) in [6.45, 7) is 6.98. The van der Waals surface area contributed by atoms with Crippen LogP contribution in [0.1, 0.15) is 38.1 Å². The Labute approximate surface area is 198 Å². The number of benzene rings is 2. The van der Waals surface area contributed by atoms with Crippen molar-refractivity contribution < 1.29 is 28.6 Å². The van der Waals surface area contributed by atoms with Gasteiger partial charge in [0.05, 0.1) is 25.1 Å². The molecule has 2 aromatic carbocycles. The molecule has 0 saturated carbocycles. The number of hydrogen-bond donors (Lipinski definition) is 1. The van der Waals surface area contributed by atoms with Gasteiger partial charge in [0.2, 0.25) is 0 Å². The fourth-order valence-corrected chi connectivity index (χ4v) is 3.84. The molecular formula is C27H27NO6. The number of carbonyl (C=O) groups excluding carboxylic acids is 2. The highest BCUT2D eigenvalue weighted by molar-refractivity contribution is 6.51. The largest absolute Gasteiger partial charge is 0.507 e. The molecule has 0 bridgehead atoms. The third-order valence-corrected chi connectivity index (χ3v) is 5.37. The number of carbonyl (C=O) groups is 2. The normalized spacial score (nSPS) is 17.4. The van der Waals surface area contributed by atoms with Gasteiger partial charge in [-0.2, -0.15) is 0 Å². The molecule has 0 aliphatic carbocycles. The zero-order valence-corrected chi connectivity index (χ0v) is 19.4. The van der Waals surface area contributed by atoms with Crippen molar-refractivity contribution in [3.63, 3.8) is 0 Å². The first-order valence-corrected chi connectivity index (χ1v) is 11.2. The van der Waals surface area contributed by atoms with Crippen molar-refractivity contribution >= 4 is 23.1 Å². The number of rotatable bonds is 8. The fourth-order valence-electron chi connectivity index (χ4n) is 3.84. The van der Waals surface area contributed by atoms with Gasteiger partial charge >= 0.3 is 0 Å². The number of anilines is 1. The lowest BCUT2D eigenvalue weighted by Gasteiger charge is -2.23. The van der Waals surface area contributed by atoms with Gasteiger partial charge in [0.25, 0.3) is 11.7 Å². The van der Waals surface area contributed by atoms with E-state index in [9.17, 15) is 14.7 Å². The molecule has 1 N–H and O–H groups in total. The van der Waals surface area contributed by atoms with Gasteiger partial charge in [-0.3, -0.25) is 14.5 Å². The third kappa shape index (κ3) is 4.55. The summed E-state index contributed by atoms with van der Waals surface area (Å²) >= 11 is 0. The van der Waals surface area contributed by atoms with Crippen molar-refractivity contribution in [1.29, 1.82) is 0 Å². The lowest BCUT2D eigenvalue weighted by atomic mass is 9.99. The number of ether oxygens (including phenoxy) is 2. The average molecular weight is 462 g/mol. The Balaban J connectivity index is 1.78. The van der Waals surface area contributed by atoms with Crippen molar-refractivity contribution in [1.82, 2.24) is 0 Å². The van der Waals surface area contributed by atoms with Crippen LogP contribution in [-0.2, 0) is 9.59 Å². The first-order valence-electron chi connectivity index (χ1n) is 11.2. The van der Waals surface area contributed by atoms with Crippen LogP contribution in [0, 0.1) is 5.92 Å². The number of aliphatic hydroxyl groups excluding tert-OH is 1. The molecule has 1 atom stereocenters. The molecule has 0 radical (unpaired) electrons. The Kier molecular flexibility index (Phi) is 6.72. The first kappa shape index (κ1) is 23.2.